The third kappa shape index (κ3) is 5.51. The van der Waals surface area contributed by atoms with Crippen LogP contribution in [-0.2, 0) is 4.79 Å². The Morgan fingerprint density at radius 3 is 2.40 bits per heavy atom. The second-order valence-corrected chi connectivity index (χ2v) is 7.10. The van der Waals surface area contributed by atoms with Gasteiger partial charge in [0, 0.05) is 26.2 Å². The number of carbonyl (C=O) groups excluding carboxylic acids is 2. The van der Waals surface area contributed by atoms with Gasteiger partial charge in [-0.3, -0.25) is 9.59 Å². The van der Waals surface area contributed by atoms with Gasteiger partial charge in [-0.1, -0.05) is 31.2 Å². The number of carbonyl (C=O) groups is 2. The van der Waals surface area contributed by atoms with Crippen molar-refractivity contribution in [1.82, 2.24) is 10.2 Å². The van der Waals surface area contributed by atoms with E-state index in [4.69, 9.17) is 4.74 Å². The molecule has 1 heterocycles. The molecule has 30 heavy (non-hydrogen) atoms. The van der Waals surface area contributed by atoms with Crippen molar-refractivity contribution in [2.45, 2.75) is 13.8 Å². The fourth-order valence-electron chi connectivity index (χ4n) is 3.55. The lowest BCUT2D eigenvalue weighted by atomic mass is 10.2. The normalized spacial score (nSPS) is 14.3. The standard InChI is InChI=1S/C23H30N4O3/c1-3-26-13-15-27(16-14-26)20-11-7-6-10-19(20)25-22(28)17-24-23(29)18-9-5-8-12-21(18)30-4-2/h5-12H,3-4,13-17H2,1-2H3,(H,24,29)(H,25,28). The number of nitrogens with zero attached hydrogens (tertiary/aromatic N) is 2. The molecule has 0 saturated carbocycles. The highest BCUT2D eigenvalue weighted by atomic mass is 16.5. The van der Waals surface area contributed by atoms with E-state index in [0.29, 0.717) is 17.9 Å². The molecule has 0 unspecified atom stereocenters. The van der Waals surface area contributed by atoms with Gasteiger partial charge in [-0.05, 0) is 37.7 Å². The van der Waals surface area contributed by atoms with Crippen LogP contribution >= 0.6 is 0 Å². The van der Waals surface area contributed by atoms with E-state index in [2.05, 4.69) is 27.4 Å². The van der Waals surface area contributed by atoms with E-state index in [0.717, 1.165) is 44.1 Å². The molecule has 0 aliphatic carbocycles. The van der Waals surface area contributed by atoms with Gasteiger partial charge in [-0.2, -0.15) is 0 Å². The molecule has 0 spiro atoms. The molecule has 160 valence electrons. The molecular weight excluding hydrogens is 380 g/mol. The van der Waals surface area contributed by atoms with Crippen LogP contribution in [0.25, 0.3) is 0 Å². The minimum atomic E-state index is -0.335. The molecule has 1 saturated heterocycles. The summed E-state index contributed by atoms with van der Waals surface area (Å²) in [6, 6.07) is 14.8. The van der Waals surface area contributed by atoms with E-state index in [-0.39, 0.29) is 18.4 Å². The predicted molar refractivity (Wildman–Crippen MR) is 119 cm³/mol. The summed E-state index contributed by atoms with van der Waals surface area (Å²) >= 11 is 0. The Morgan fingerprint density at radius 1 is 0.967 bits per heavy atom. The zero-order chi connectivity index (χ0) is 21.3. The Bertz CT molecular complexity index is 863. The third-order valence-electron chi connectivity index (χ3n) is 5.18. The largest absolute Gasteiger partial charge is 0.493 e. The van der Waals surface area contributed by atoms with E-state index in [1.165, 1.54) is 0 Å². The number of hydrogen-bond acceptors (Lipinski definition) is 5. The summed E-state index contributed by atoms with van der Waals surface area (Å²) in [4.78, 5) is 29.7. The van der Waals surface area contributed by atoms with Gasteiger partial charge < -0.3 is 25.2 Å². The van der Waals surface area contributed by atoms with Crippen molar-refractivity contribution in [2.24, 2.45) is 0 Å². The van der Waals surface area contributed by atoms with Crippen LogP contribution in [0.1, 0.15) is 24.2 Å². The average molecular weight is 411 g/mol. The quantitative estimate of drug-likeness (QED) is 0.700. The molecule has 2 aromatic carbocycles. The van der Waals surface area contributed by atoms with Gasteiger partial charge in [-0.25, -0.2) is 0 Å². The topological polar surface area (TPSA) is 73.9 Å². The van der Waals surface area contributed by atoms with Crippen LogP contribution in [-0.4, -0.2) is 62.6 Å². The lowest BCUT2D eigenvalue weighted by Gasteiger charge is -2.36. The molecule has 0 atom stereocenters. The number of likely N-dealkylation sites (N-methyl/N-ethyl adjacent to an activating group) is 1. The van der Waals surface area contributed by atoms with Crippen molar-refractivity contribution in [3.63, 3.8) is 0 Å². The molecule has 2 N–H and O–H groups in total. The maximum Gasteiger partial charge on any atom is 0.255 e. The Kier molecular flexibility index (Phi) is 7.68. The molecule has 2 amide bonds. The molecule has 1 fully saturated rings. The van der Waals surface area contributed by atoms with Crippen molar-refractivity contribution < 1.29 is 14.3 Å². The Morgan fingerprint density at radius 2 is 1.67 bits per heavy atom. The third-order valence-corrected chi connectivity index (χ3v) is 5.18. The van der Waals surface area contributed by atoms with Gasteiger partial charge in [-0.15, -0.1) is 0 Å². The van der Waals surface area contributed by atoms with Crippen LogP contribution < -0.4 is 20.3 Å². The molecule has 0 aromatic heterocycles. The maximum atomic E-state index is 12.5. The van der Waals surface area contributed by atoms with E-state index < -0.39 is 0 Å². The first-order chi connectivity index (χ1) is 14.6. The van der Waals surface area contributed by atoms with Crippen LogP contribution in [0.3, 0.4) is 0 Å². The summed E-state index contributed by atoms with van der Waals surface area (Å²) in [5.74, 6) is -0.0930. The zero-order valence-electron chi connectivity index (χ0n) is 17.7. The Balaban J connectivity index is 1.59. The number of nitrogens with one attached hydrogen (secondary N) is 2. The number of benzene rings is 2. The van der Waals surface area contributed by atoms with Crippen molar-refractivity contribution in [1.29, 1.82) is 0 Å². The molecule has 0 radical (unpaired) electrons. The average Bonchev–Trinajstić information content (AvgIpc) is 2.78. The van der Waals surface area contributed by atoms with Crippen LogP contribution in [0.4, 0.5) is 11.4 Å². The monoisotopic (exact) mass is 410 g/mol. The van der Waals surface area contributed by atoms with Crippen LogP contribution in [0.15, 0.2) is 48.5 Å². The molecule has 3 rings (SSSR count). The smallest absolute Gasteiger partial charge is 0.255 e. The van der Waals surface area contributed by atoms with Gasteiger partial charge in [0.15, 0.2) is 0 Å². The van der Waals surface area contributed by atoms with E-state index >= 15 is 0 Å². The molecule has 1 aliphatic heterocycles. The summed E-state index contributed by atoms with van der Waals surface area (Å²) in [7, 11) is 0. The minimum absolute atomic E-state index is 0.114. The summed E-state index contributed by atoms with van der Waals surface area (Å²) in [5.41, 5.74) is 2.19. The second-order valence-electron chi connectivity index (χ2n) is 7.10. The molecule has 1 aliphatic rings. The first-order valence-electron chi connectivity index (χ1n) is 10.5. The van der Waals surface area contributed by atoms with Crippen LogP contribution in [0.5, 0.6) is 5.75 Å². The highest BCUT2D eigenvalue weighted by molar-refractivity contribution is 6.01. The van der Waals surface area contributed by atoms with E-state index in [1.54, 1.807) is 18.2 Å². The number of ether oxygens (including phenoxy) is 1. The summed E-state index contributed by atoms with van der Waals surface area (Å²) in [6.07, 6.45) is 0. The second kappa shape index (κ2) is 10.6. The first kappa shape index (κ1) is 21.6. The number of rotatable bonds is 8. The first-order valence-corrected chi connectivity index (χ1v) is 10.5. The summed E-state index contributed by atoms with van der Waals surface area (Å²) < 4.78 is 5.49. The number of para-hydroxylation sites is 3. The van der Waals surface area contributed by atoms with Crippen LogP contribution in [0, 0.1) is 0 Å². The molecule has 7 nitrogen and oxygen atoms in total. The minimum Gasteiger partial charge on any atom is -0.493 e. The van der Waals surface area contributed by atoms with Crippen LogP contribution in [0.2, 0.25) is 0 Å². The van der Waals surface area contributed by atoms with Gasteiger partial charge in [0.1, 0.15) is 5.75 Å². The van der Waals surface area contributed by atoms with Crippen molar-refractivity contribution in [3.8, 4) is 5.75 Å². The zero-order valence-corrected chi connectivity index (χ0v) is 17.7. The molecule has 2 aromatic rings. The maximum absolute atomic E-state index is 12.5. The van der Waals surface area contributed by atoms with Gasteiger partial charge in [0.25, 0.3) is 5.91 Å². The Labute approximate surface area is 178 Å². The molecule has 7 heteroatoms. The summed E-state index contributed by atoms with van der Waals surface area (Å²) in [6.45, 7) is 9.30. The number of hydrogen-bond donors (Lipinski definition) is 2. The van der Waals surface area contributed by atoms with Gasteiger partial charge in [0.05, 0.1) is 30.1 Å². The SMILES string of the molecule is CCOc1ccccc1C(=O)NCC(=O)Nc1ccccc1N1CCN(CC)CC1. The highest BCUT2D eigenvalue weighted by Crippen LogP contribution is 2.26. The van der Waals surface area contributed by atoms with Gasteiger partial charge >= 0.3 is 0 Å². The van der Waals surface area contributed by atoms with E-state index in [9.17, 15) is 9.59 Å². The number of anilines is 2. The Hall–Kier alpha value is -3.06. The van der Waals surface area contributed by atoms with E-state index in [1.807, 2.05) is 37.3 Å². The lowest BCUT2D eigenvalue weighted by Crippen LogP contribution is -2.46. The number of amides is 2. The number of piperazine rings is 1. The lowest BCUT2D eigenvalue weighted by molar-refractivity contribution is -0.115. The van der Waals surface area contributed by atoms with Crippen molar-refractivity contribution >= 4 is 23.2 Å². The molecule has 0 bridgehead atoms. The molecular formula is C23H30N4O3. The predicted octanol–water partition coefficient (Wildman–Crippen LogP) is 2.60. The fourth-order valence-corrected chi connectivity index (χ4v) is 3.55. The van der Waals surface area contributed by atoms with Crippen molar-refractivity contribution in [3.05, 3.63) is 54.1 Å². The van der Waals surface area contributed by atoms with Crippen molar-refractivity contribution in [2.75, 3.05) is 56.1 Å². The van der Waals surface area contributed by atoms with Gasteiger partial charge in [0.2, 0.25) is 5.91 Å². The summed E-state index contributed by atoms with van der Waals surface area (Å²) in [5, 5.41) is 5.62. The fraction of sp³-hybridized carbons (Fsp3) is 0.391. The highest BCUT2D eigenvalue weighted by Gasteiger charge is 2.19.